The lowest BCUT2D eigenvalue weighted by molar-refractivity contribution is -0.128. The third kappa shape index (κ3) is 4.09. The molecule has 0 saturated carbocycles. The summed E-state index contributed by atoms with van der Waals surface area (Å²) >= 11 is 11.8. The third-order valence-electron chi connectivity index (χ3n) is 2.77. The van der Waals surface area contributed by atoms with Crippen molar-refractivity contribution in [2.24, 2.45) is 0 Å². The average Bonchev–Trinajstić information content (AvgIpc) is 2.95. The number of aromatic amines is 1. The number of nitrogens with one attached hydrogen (secondary N) is 2. The van der Waals surface area contributed by atoms with Gasteiger partial charge in [-0.2, -0.15) is 5.10 Å². The number of carbonyl (C=O) groups excluding carboxylic acids is 1. The molecule has 112 valence electrons. The summed E-state index contributed by atoms with van der Waals surface area (Å²) in [6.07, 6.45) is 0.667. The van der Waals surface area contributed by atoms with Crippen LogP contribution in [0, 0.1) is 0 Å². The van der Waals surface area contributed by atoms with Crippen molar-refractivity contribution in [3.8, 4) is 5.75 Å². The lowest BCUT2D eigenvalue weighted by Crippen LogP contribution is -2.38. The highest BCUT2D eigenvalue weighted by Crippen LogP contribution is 2.28. The van der Waals surface area contributed by atoms with Crippen molar-refractivity contribution in [1.82, 2.24) is 20.5 Å². The number of nitrogens with zero attached hydrogens (tertiary/aromatic N) is 2. The minimum atomic E-state index is -0.714. The van der Waals surface area contributed by atoms with E-state index in [0.29, 0.717) is 21.6 Å². The molecule has 2 aromatic rings. The lowest BCUT2D eigenvalue weighted by atomic mass is 10.2. The second kappa shape index (κ2) is 6.78. The first kappa shape index (κ1) is 15.6. The summed E-state index contributed by atoms with van der Waals surface area (Å²) in [5, 5.41) is 10.0. The summed E-state index contributed by atoms with van der Waals surface area (Å²) in [5.41, 5.74) is 0. The van der Waals surface area contributed by atoms with E-state index in [0.717, 1.165) is 0 Å². The zero-order chi connectivity index (χ0) is 15.4. The molecular weight excluding hydrogens is 315 g/mol. The maximum absolute atomic E-state index is 12.1. The van der Waals surface area contributed by atoms with Crippen LogP contribution in [0.3, 0.4) is 0 Å². The van der Waals surface area contributed by atoms with Crippen molar-refractivity contribution >= 4 is 29.1 Å². The molecule has 1 aromatic carbocycles. The summed E-state index contributed by atoms with van der Waals surface area (Å²) < 4.78 is 5.53. The van der Waals surface area contributed by atoms with Gasteiger partial charge >= 0.3 is 0 Å². The molecule has 2 N–H and O–H groups in total. The Labute approximate surface area is 131 Å². The van der Waals surface area contributed by atoms with Gasteiger partial charge in [-0.3, -0.25) is 9.89 Å². The van der Waals surface area contributed by atoms with E-state index in [1.165, 1.54) is 6.33 Å². The fraction of sp³-hybridized carbons (Fsp3) is 0.308. The number of amides is 1. The Kier molecular flexibility index (Phi) is 5.03. The fourth-order valence-corrected chi connectivity index (χ4v) is 2.09. The quantitative estimate of drug-likeness (QED) is 0.884. The highest BCUT2D eigenvalue weighted by molar-refractivity contribution is 6.35. The van der Waals surface area contributed by atoms with E-state index in [2.05, 4.69) is 20.5 Å². The Morgan fingerprint density at radius 2 is 2.14 bits per heavy atom. The number of hydrogen-bond acceptors (Lipinski definition) is 4. The van der Waals surface area contributed by atoms with Gasteiger partial charge in [-0.1, -0.05) is 23.2 Å². The fourth-order valence-electron chi connectivity index (χ4n) is 1.64. The van der Waals surface area contributed by atoms with Gasteiger partial charge in [0.2, 0.25) is 0 Å². The number of ether oxygens (including phenoxy) is 1. The number of hydrogen-bond donors (Lipinski definition) is 2. The van der Waals surface area contributed by atoms with Gasteiger partial charge in [0.15, 0.2) is 6.10 Å². The van der Waals surface area contributed by atoms with Gasteiger partial charge in [-0.15, -0.1) is 0 Å². The molecule has 2 unspecified atom stereocenters. The summed E-state index contributed by atoms with van der Waals surface area (Å²) in [5.74, 6) is 0.682. The van der Waals surface area contributed by atoms with Crippen LogP contribution in [0.2, 0.25) is 10.0 Å². The molecule has 0 aliphatic rings. The minimum Gasteiger partial charge on any atom is -0.479 e. The van der Waals surface area contributed by atoms with Gasteiger partial charge in [-0.05, 0) is 32.0 Å². The van der Waals surface area contributed by atoms with E-state index in [1.54, 1.807) is 32.0 Å². The second-order valence-electron chi connectivity index (χ2n) is 4.44. The van der Waals surface area contributed by atoms with Crippen LogP contribution in [0.25, 0.3) is 0 Å². The molecule has 21 heavy (non-hydrogen) atoms. The van der Waals surface area contributed by atoms with Crippen LogP contribution in [0.4, 0.5) is 0 Å². The van der Waals surface area contributed by atoms with Crippen molar-refractivity contribution in [3.63, 3.8) is 0 Å². The van der Waals surface area contributed by atoms with Crippen molar-refractivity contribution in [2.75, 3.05) is 0 Å². The van der Waals surface area contributed by atoms with Crippen molar-refractivity contribution in [3.05, 3.63) is 40.4 Å². The Bertz CT molecular complexity index is 619. The number of rotatable bonds is 5. The van der Waals surface area contributed by atoms with Gasteiger partial charge in [0, 0.05) is 5.02 Å². The molecule has 1 amide bonds. The number of carbonyl (C=O) groups is 1. The molecule has 0 aliphatic carbocycles. The topological polar surface area (TPSA) is 79.9 Å². The van der Waals surface area contributed by atoms with Crippen LogP contribution in [0.1, 0.15) is 25.7 Å². The summed E-state index contributed by atoms with van der Waals surface area (Å²) in [6.45, 7) is 3.42. The smallest absolute Gasteiger partial charge is 0.261 e. The molecule has 0 radical (unpaired) electrons. The van der Waals surface area contributed by atoms with E-state index >= 15 is 0 Å². The normalized spacial score (nSPS) is 13.5. The number of aromatic nitrogens is 3. The van der Waals surface area contributed by atoms with Gasteiger partial charge in [0.25, 0.3) is 5.91 Å². The number of halogens is 2. The molecule has 1 aromatic heterocycles. The van der Waals surface area contributed by atoms with Gasteiger partial charge in [0.05, 0.1) is 11.1 Å². The largest absolute Gasteiger partial charge is 0.479 e. The first-order valence-corrected chi connectivity index (χ1v) is 7.00. The maximum Gasteiger partial charge on any atom is 0.261 e. The monoisotopic (exact) mass is 328 g/mol. The Balaban J connectivity index is 1.96. The molecular formula is C13H14Cl2N4O2. The Hall–Kier alpha value is -1.79. The lowest BCUT2D eigenvalue weighted by Gasteiger charge is -2.18. The zero-order valence-electron chi connectivity index (χ0n) is 11.4. The average molecular weight is 329 g/mol. The van der Waals surface area contributed by atoms with Gasteiger partial charge < -0.3 is 10.1 Å². The van der Waals surface area contributed by atoms with Crippen LogP contribution < -0.4 is 10.1 Å². The highest BCUT2D eigenvalue weighted by Gasteiger charge is 2.19. The summed E-state index contributed by atoms with van der Waals surface area (Å²) in [4.78, 5) is 16.0. The van der Waals surface area contributed by atoms with Crippen LogP contribution in [0.15, 0.2) is 24.5 Å². The predicted molar refractivity (Wildman–Crippen MR) is 79.5 cm³/mol. The molecule has 0 bridgehead atoms. The van der Waals surface area contributed by atoms with Crippen molar-refractivity contribution in [2.45, 2.75) is 26.0 Å². The number of benzene rings is 1. The molecule has 8 heteroatoms. The number of H-pyrrole nitrogens is 1. The molecule has 1 heterocycles. The van der Waals surface area contributed by atoms with Crippen LogP contribution in [0.5, 0.6) is 5.75 Å². The molecule has 0 spiro atoms. The van der Waals surface area contributed by atoms with Gasteiger partial charge in [0.1, 0.15) is 17.9 Å². The van der Waals surface area contributed by atoms with E-state index in [4.69, 9.17) is 27.9 Å². The molecule has 0 saturated heterocycles. The van der Waals surface area contributed by atoms with Crippen molar-refractivity contribution in [1.29, 1.82) is 0 Å². The summed E-state index contributed by atoms with van der Waals surface area (Å²) in [7, 11) is 0. The Morgan fingerprint density at radius 1 is 1.38 bits per heavy atom. The maximum atomic E-state index is 12.1. The minimum absolute atomic E-state index is 0.287. The van der Waals surface area contributed by atoms with E-state index < -0.39 is 6.10 Å². The molecule has 0 aliphatic heterocycles. The van der Waals surface area contributed by atoms with Crippen molar-refractivity contribution < 1.29 is 9.53 Å². The first-order valence-electron chi connectivity index (χ1n) is 6.24. The van der Waals surface area contributed by atoms with E-state index in [9.17, 15) is 4.79 Å². The molecule has 2 rings (SSSR count). The molecule has 6 nitrogen and oxygen atoms in total. The third-order valence-corrected chi connectivity index (χ3v) is 3.30. The van der Waals surface area contributed by atoms with E-state index in [-0.39, 0.29) is 11.9 Å². The Morgan fingerprint density at radius 3 is 2.76 bits per heavy atom. The van der Waals surface area contributed by atoms with Crippen LogP contribution >= 0.6 is 23.2 Å². The second-order valence-corrected chi connectivity index (χ2v) is 5.28. The standard InChI is InChI=1S/C13H14Cl2N4O2/c1-7(12-16-6-17-19-12)18-13(20)8(2)21-11-4-3-9(14)5-10(11)15/h3-8H,1-2H3,(H,18,20)(H,16,17,19). The summed E-state index contributed by atoms with van der Waals surface area (Å²) in [6, 6.07) is 4.52. The highest BCUT2D eigenvalue weighted by atomic mass is 35.5. The first-order chi connectivity index (χ1) is 9.97. The predicted octanol–water partition coefficient (Wildman–Crippen LogP) is 2.76. The van der Waals surface area contributed by atoms with Gasteiger partial charge in [-0.25, -0.2) is 4.98 Å². The van der Waals surface area contributed by atoms with Crippen LogP contribution in [-0.2, 0) is 4.79 Å². The zero-order valence-corrected chi connectivity index (χ0v) is 12.9. The SMILES string of the molecule is CC(Oc1ccc(Cl)cc1Cl)C(=O)NC(C)c1ncn[nH]1. The van der Waals surface area contributed by atoms with E-state index in [1.807, 2.05) is 0 Å². The molecule has 2 atom stereocenters. The van der Waals surface area contributed by atoms with Crippen LogP contribution in [-0.4, -0.2) is 27.2 Å². The molecule has 0 fully saturated rings.